The third-order valence-electron chi connectivity index (χ3n) is 1.80. The quantitative estimate of drug-likeness (QED) is 0.659. The van der Waals surface area contributed by atoms with Gasteiger partial charge in [0, 0.05) is 7.11 Å². The van der Waals surface area contributed by atoms with E-state index in [2.05, 4.69) is 11.8 Å². The first-order valence-corrected chi connectivity index (χ1v) is 4.55. The van der Waals surface area contributed by atoms with Gasteiger partial charge in [-0.1, -0.05) is 42.3 Å². The lowest BCUT2D eigenvalue weighted by molar-refractivity contribution is 0.185. The topological polar surface area (TPSA) is 9.23 Å². The summed E-state index contributed by atoms with van der Waals surface area (Å²) in [6.07, 6.45) is 3.85. The van der Waals surface area contributed by atoms with Crippen molar-refractivity contribution in [1.29, 1.82) is 0 Å². The van der Waals surface area contributed by atoms with E-state index in [-0.39, 0.29) is 6.10 Å². The van der Waals surface area contributed by atoms with Crippen LogP contribution in [-0.2, 0) is 4.74 Å². The Morgan fingerprint density at radius 2 is 2.00 bits per heavy atom. The molecule has 0 saturated heterocycles. The average molecular weight is 186 g/mol. The Balaban J connectivity index is 2.66. The van der Waals surface area contributed by atoms with Crippen molar-refractivity contribution in [3.8, 4) is 11.8 Å². The number of benzene rings is 1. The van der Waals surface area contributed by atoms with Crippen molar-refractivity contribution in [2.75, 3.05) is 7.11 Å². The predicted molar refractivity (Wildman–Crippen MR) is 59.7 cm³/mol. The summed E-state index contributed by atoms with van der Waals surface area (Å²) in [6.45, 7) is 1.81. The molecule has 1 unspecified atom stereocenters. The first-order valence-electron chi connectivity index (χ1n) is 4.55. The second-order valence-electron chi connectivity index (χ2n) is 2.82. The summed E-state index contributed by atoms with van der Waals surface area (Å²) in [4.78, 5) is 0. The predicted octanol–water partition coefficient (Wildman–Crippen LogP) is 2.74. The molecule has 0 saturated carbocycles. The third-order valence-corrected chi connectivity index (χ3v) is 1.80. The molecule has 0 heterocycles. The molecular weight excluding hydrogens is 172 g/mol. The summed E-state index contributed by atoms with van der Waals surface area (Å²) in [6, 6.07) is 10.1. The Labute approximate surface area is 85.4 Å². The molecule has 0 N–H and O–H groups in total. The van der Waals surface area contributed by atoms with Gasteiger partial charge in [0.25, 0.3) is 0 Å². The number of hydrogen-bond acceptors (Lipinski definition) is 1. The van der Waals surface area contributed by atoms with Crippen LogP contribution >= 0.6 is 0 Å². The van der Waals surface area contributed by atoms with E-state index in [4.69, 9.17) is 4.74 Å². The Morgan fingerprint density at radius 1 is 1.29 bits per heavy atom. The van der Waals surface area contributed by atoms with Crippen LogP contribution in [0.15, 0.2) is 36.4 Å². The maximum atomic E-state index is 5.15. The fourth-order valence-corrected chi connectivity index (χ4v) is 1.09. The molecule has 1 rings (SSSR count). The van der Waals surface area contributed by atoms with Crippen LogP contribution < -0.4 is 0 Å². The zero-order valence-electron chi connectivity index (χ0n) is 8.53. The van der Waals surface area contributed by atoms with E-state index in [9.17, 15) is 0 Å². The smallest absolute Gasteiger partial charge is 0.136 e. The standard InChI is InChI=1S/C13H14O/c1-3-7-13(14-2)11-10-12-8-5-4-6-9-12/h4-6,8-11,13H,1-2H3/b11-10+. The van der Waals surface area contributed by atoms with Gasteiger partial charge in [0.05, 0.1) is 0 Å². The lowest BCUT2D eigenvalue weighted by Gasteiger charge is -2.00. The maximum Gasteiger partial charge on any atom is 0.136 e. The molecule has 0 spiro atoms. The van der Waals surface area contributed by atoms with Crippen LogP contribution in [-0.4, -0.2) is 13.2 Å². The molecule has 0 aliphatic carbocycles. The third kappa shape index (κ3) is 3.47. The Bertz CT molecular complexity index is 340. The summed E-state index contributed by atoms with van der Waals surface area (Å²) in [5.41, 5.74) is 1.16. The summed E-state index contributed by atoms with van der Waals surface area (Å²) in [5, 5.41) is 0. The van der Waals surface area contributed by atoms with Crippen LogP contribution in [0, 0.1) is 11.8 Å². The molecule has 0 bridgehead atoms. The van der Waals surface area contributed by atoms with Gasteiger partial charge in [0.2, 0.25) is 0 Å². The van der Waals surface area contributed by atoms with Crippen molar-refractivity contribution in [1.82, 2.24) is 0 Å². The number of hydrogen-bond donors (Lipinski definition) is 0. The largest absolute Gasteiger partial charge is 0.365 e. The first kappa shape index (κ1) is 10.6. The number of ether oxygens (including phenoxy) is 1. The van der Waals surface area contributed by atoms with Crippen molar-refractivity contribution >= 4 is 6.08 Å². The van der Waals surface area contributed by atoms with Gasteiger partial charge in [-0.25, -0.2) is 0 Å². The van der Waals surface area contributed by atoms with Gasteiger partial charge in [0.1, 0.15) is 6.10 Å². The van der Waals surface area contributed by atoms with Gasteiger partial charge < -0.3 is 4.74 Å². The van der Waals surface area contributed by atoms with Gasteiger partial charge in [-0.2, -0.15) is 0 Å². The van der Waals surface area contributed by atoms with E-state index in [0.29, 0.717) is 0 Å². The zero-order chi connectivity index (χ0) is 10.2. The monoisotopic (exact) mass is 186 g/mol. The van der Waals surface area contributed by atoms with Crippen LogP contribution in [0.3, 0.4) is 0 Å². The molecule has 0 aromatic heterocycles. The van der Waals surface area contributed by atoms with Crippen LogP contribution in [0.1, 0.15) is 12.5 Å². The number of methoxy groups -OCH3 is 1. The Morgan fingerprint density at radius 3 is 2.57 bits per heavy atom. The molecule has 1 atom stereocenters. The lowest BCUT2D eigenvalue weighted by atomic mass is 10.2. The molecule has 1 heteroatoms. The molecule has 14 heavy (non-hydrogen) atoms. The zero-order valence-corrected chi connectivity index (χ0v) is 8.53. The van der Waals surface area contributed by atoms with Crippen LogP contribution in [0.4, 0.5) is 0 Å². The minimum Gasteiger partial charge on any atom is -0.365 e. The average Bonchev–Trinajstić information content (AvgIpc) is 2.25. The van der Waals surface area contributed by atoms with E-state index in [0.717, 1.165) is 5.56 Å². The van der Waals surface area contributed by atoms with Gasteiger partial charge in [-0.05, 0) is 18.6 Å². The van der Waals surface area contributed by atoms with E-state index < -0.39 is 0 Å². The second-order valence-corrected chi connectivity index (χ2v) is 2.82. The summed E-state index contributed by atoms with van der Waals surface area (Å²) in [7, 11) is 1.66. The highest BCUT2D eigenvalue weighted by Gasteiger charge is 1.94. The lowest BCUT2D eigenvalue weighted by Crippen LogP contribution is -2.02. The molecule has 1 aromatic rings. The van der Waals surface area contributed by atoms with E-state index in [1.54, 1.807) is 7.11 Å². The first-order chi connectivity index (χ1) is 6.86. The molecule has 1 aromatic carbocycles. The van der Waals surface area contributed by atoms with E-state index in [1.807, 2.05) is 49.4 Å². The Hall–Kier alpha value is -1.52. The second kappa shape index (κ2) is 6.01. The van der Waals surface area contributed by atoms with Crippen molar-refractivity contribution < 1.29 is 4.74 Å². The van der Waals surface area contributed by atoms with Gasteiger partial charge in [-0.15, -0.1) is 5.92 Å². The van der Waals surface area contributed by atoms with Gasteiger partial charge >= 0.3 is 0 Å². The molecule has 72 valence electrons. The fraction of sp³-hybridized carbons (Fsp3) is 0.231. The van der Waals surface area contributed by atoms with E-state index >= 15 is 0 Å². The van der Waals surface area contributed by atoms with Crippen molar-refractivity contribution in [3.63, 3.8) is 0 Å². The molecule has 0 aliphatic rings. The minimum atomic E-state index is -0.111. The maximum absolute atomic E-state index is 5.15. The molecule has 0 aliphatic heterocycles. The highest BCUT2D eigenvalue weighted by atomic mass is 16.5. The van der Waals surface area contributed by atoms with Gasteiger partial charge in [-0.3, -0.25) is 0 Å². The van der Waals surface area contributed by atoms with Crippen LogP contribution in [0.2, 0.25) is 0 Å². The number of rotatable bonds is 3. The van der Waals surface area contributed by atoms with Crippen LogP contribution in [0.25, 0.3) is 6.08 Å². The van der Waals surface area contributed by atoms with Crippen molar-refractivity contribution in [3.05, 3.63) is 42.0 Å². The van der Waals surface area contributed by atoms with Gasteiger partial charge in [0.15, 0.2) is 0 Å². The fourth-order valence-electron chi connectivity index (χ4n) is 1.09. The molecule has 0 amide bonds. The van der Waals surface area contributed by atoms with Crippen LogP contribution in [0.5, 0.6) is 0 Å². The Kier molecular flexibility index (Phi) is 4.54. The summed E-state index contributed by atoms with van der Waals surface area (Å²) < 4.78 is 5.15. The van der Waals surface area contributed by atoms with Crippen molar-refractivity contribution in [2.24, 2.45) is 0 Å². The van der Waals surface area contributed by atoms with Crippen molar-refractivity contribution in [2.45, 2.75) is 13.0 Å². The normalized spacial score (nSPS) is 12.1. The molecule has 0 fully saturated rings. The highest BCUT2D eigenvalue weighted by Crippen LogP contribution is 2.02. The molecular formula is C13H14O. The molecule has 1 nitrogen and oxygen atoms in total. The minimum absolute atomic E-state index is 0.111. The highest BCUT2D eigenvalue weighted by molar-refractivity contribution is 5.50. The summed E-state index contributed by atoms with van der Waals surface area (Å²) in [5.74, 6) is 5.77. The van der Waals surface area contributed by atoms with E-state index in [1.165, 1.54) is 0 Å². The molecule has 0 radical (unpaired) electrons. The SMILES string of the molecule is CC#CC(/C=C/c1ccccc1)OC. The summed E-state index contributed by atoms with van der Waals surface area (Å²) >= 11 is 0.